The van der Waals surface area contributed by atoms with Crippen LogP contribution in [0.25, 0.3) is 0 Å². The number of aromatic nitrogens is 1. The second kappa shape index (κ2) is 8.10. The van der Waals surface area contributed by atoms with Crippen LogP contribution >= 0.6 is 0 Å². The fraction of sp³-hybridized carbons (Fsp3) is 0.350. The number of nitrogens with one attached hydrogen (secondary N) is 1. The van der Waals surface area contributed by atoms with Crippen molar-refractivity contribution in [2.45, 2.75) is 38.9 Å². The highest BCUT2D eigenvalue weighted by molar-refractivity contribution is 5.89. The molecule has 1 aromatic carbocycles. The van der Waals surface area contributed by atoms with E-state index in [1.165, 1.54) is 6.92 Å². The molecule has 0 aliphatic carbocycles. The van der Waals surface area contributed by atoms with Crippen molar-refractivity contribution in [3.05, 3.63) is 65.0 Å². The number of benzene rings is 1. The Balaban J connectivity index is 1.78. The van der Waals surface area contributed by atoms with E-state index < -0.39 is 5.97 Å². The van der Waals surface area contributed by atoms with Crippen molar-refractivity contribution in [2.75, 3.05) is 6.54 Å². The summed E-state index contributed by atoms with van der Waals surface area (Å²) in [5.41, 5.74) is 3.18. The summed E-state index contributed by atoms with van der Waals surface area (Å²) >= 11 is 0. The van der Waals surface area contributed by atoms with Crippen molar-refractivity contribution >= 4 is 11.9 Å². The van der Waals surface area contributed by atoms with Gasteiger partial charge in [-0.05, 0) is 48.7 Å². The number of hydrogen-bond donors (Lipinski definition) is 2. The Morgan fingerprint density at radius 3 is 2.88 bits per heavy atom. The average Bonchev–Trinajstić information content (AvgIpc) is 3.08. The lowest BCUT2D eigenvalue weighted by Crippen LogP contribution is -2.24. The molecule has 0 radical (unpaired) electrons. The second-order valence-electron chi connectivity index (χ2n) is 6.58. The number of rotatable bonds is 6. The molecule has 1 aliphatic rings. The normalized spacial score (nSPS) is 17.2. The minimum Gasteiger partial charge on any atom is -0.478 e. The fourth-order valence-corrected chi connectivity index (χ4v) is 3.49. The molecule has 2 N–H and O–H groups in total. The zero-order chi connectivity index (χ0) is 18.5. The van der Waals surface area contributed by atoms with Gasteiger partial charge in [0.1, 0.15) is 0 Å². The lowest BCUT2D eigenvalue weighted by Gasteiger charge is -2.25. The second-order valence-corrected chi connectivity index (χ2v) is 6.58. The van der Waals surface area contributed by atoms with Crippen molar-refractivity contribution in [3.8, 4) is 0 Å². The number of hydrogen-bond acceptors (Lipinski definition) is 4. The molecule has 1 saturated heterocycles. The first-order valence-corrected chi connectivity index (χ1v) is 8.79. The summed E-state index contributed by atoms with van der Waals surface area (Å²) in [6.45, 7) is 3.44. The highest BCUT2D eigenvalue weighted by Gasteiger charge is 2.27. The number of carbonyl (C=O) groups is 2. The van der Waals surface area contributed by atoms with E-state index >= 15 is 0 Å². The van der Waals surface area contributed by atoms with E-state index in [2.05, 4.69) is 15.2 Å². The van der Waals surface area contributed by atoms with Crippen LogP contribution in [0.2, 0.25) is 0 Å². The van der Waals surface area contributed by atoms with Crippen molar-refractivity contribution in [1.29, 1.82) is 0 Å². The van der Waals surface area contributed by atoms with Crippen molar-refractivity contribution < 1.29 is 14.7 Å². The molecule has 0 bridgehead atoms. The van der Waals surface area contributed by atoms with Crippen LogP contribution in [-0.2, 0) is 17.9 Å². The largest absolute Gasteiger partial charge is 0.478 e. The van der Waals surface area contributed by atoms with E-state index in [9.17, 15) is 14.7 Å². The molecule has 6 heteroatoms. The summed E-state index contributed by atoms with van der Waals surface area (Å²) in [4.78, 5) is 29.2. The van der Waals surface area contributed by atoms with Gasteiger partial charge in [0, 0.05) is 25.7 Å². The van der Waals surface area contributed by atoms with Gasteiger partial charge in [-0.1, -0.05) is 18.2 Å². The van der Waals surface area contributed by atoms with Crippen LogP contribution in [-0.4, -0.2) is 33.4 Å². The van der Waals surface area contributed by atoms with Crippen LogP contribution in [0.3, 0.4) is 0 Å². The SMILES string of the molecule is CC(=O)NCc1cc([C@@H]2CCCN2Cc2ccccc2C(=O)O)ccn1. The van der Waals surface area contributed by atoms with Crippen LogP contribution in [0.5, 0.6) is 0 Å². The number of carboxylic acid groups (broad SMARTS) is 1. The molecule has 0 spiro atoms. The zero-order valence-electron chi connectivity index (χ0n) is 14.8. The van der Waals surface area contributed by atoms with Crippen LogP contribution in [0, 0.1) is 0 Å². The molecular weight excluding hydrogens is 330 g/mol. The first kappa shape index (κ1) is 18.1. The summed E-state index contributed by atoms with van der Waals surface area (Å²) in [5, 5.41) is 12.2. The molecule has 26 heavy (non-hydrogen) atoms. The topological polar surface area (TPSA) is 82.5 Å². The molecule has 1 amide bonds. The number of nitrogens with zero attached hydrogens (tertiary/aromatic N) is 2. The zero-order valence-corrected chi connectivity index (χ0v) is 14.8. The van der Waals surface area contributed by atoms with Crippen molar-refractivity contribution in [2.24, 2.45) is 0 Å². The Bertz CT molecular complexity index is 806. The van der Waals surface area contributed by atoms with Gasteiger partial charge in [0.25, 0.3) is 0 Å². The Hall–Kier alpha value is -2.73. The smallest absolute Gasteiger partial charge is 0.336 e. The van der Waals surface area contributed by atoms with Gasteiger partial charge in [-0.3, -0.25) is 14.7 Å². The van der Waals surface area contributed by atoms with E-state index in [0.717, 1.165) is 36.2 Å². The molecular formula is C20H23N3O3. The number of carbonyl (C=O) groups excluding carboxylic acids is 1. The van der Waals surface area contributed by atoms with Gasteiger partial charge in [0.05, 0.1) is 17.8 Å². The highest BCUT2D eigenvalue weighted by atomic mass is 16.4. The summed E-state index contributed by atoms with van der Waals surface area (Å²) in [5.74, 6) is -0.970. The highest BCUT2D eigenvalue weighted by Crippen LogP contribution is 2.33. The maximum atomic E-state index is 11.5. The quantitative estimate of drug-likeness (QED) is 0.834. The van der Waals surface area contributed by atoms with Crippen LogP contribution in [0.4, 0.5) is 0 Å². The van der Waals surface area contributed by atoms with Gasteiger partial charge in [-0.2, -0.15) is 0 Å². The molecule has 0 saturated carbocycles. The minimum atomic E-state index is -0.891. The summed E-state index contributed by atoms with van der Waals surface area (Å²) in [6, 6.07) is 11.4. The molecule has 2 heterocycles. The molecule has 1 fully saturated rings. The maximum absolute atomic E-state index is 11.5. The lowest BCUT2D eigenvalue weighted by molar-refractivity contribution is -0.119. The van der Waals surface area contributed by atoms with Gasteiger partial charge >= 0.3 is 5.97 Å². The molecule has 1 aromatic heterocycles. The standard InChI is InChI=1S/C20H23N3O3/c1-14(24)22-12-17-11-15(8-9-21-17)19-7-4-10-23(19)13-16-5-2-3-6-18(16)20(25)26/h2-3,5-6,8-9,11,19H,4,7,10,12-13H2,1H3,(H,22,24)(H,25,26)/t19-/m0/s1. The van der Waals surface area contributed by atoms with E-state index in [1.807, 2.05) is 24.3 Å². The van der Waals surface area contributed by atoms with E-state index in [1.54, 1.807) is 18.3 Å². The third-order valence-electron chi connectivity index (χ3n) is 4.73. The number of aromatic carboxylic acids is 1. The summed E-state index contributed by atoms with van der Waals surface area (Å²) in [7, 11) is 0. The maximum Gasteiger partial charge on any atom is 0.336 e. The monoisotopic (exact) mass is 353 g/mol. The predicted octanol–water partition coefficient (Wildman–Crippen LogP) is 2.75. The molecule has 136 valence electrons. The molecule has 3 rings (SSSR count). The first-order chi connectivity index (χ1) is 12.5. The van der Waals surface area contributed by atoms with Crippen LogP contribution in [0.1, 0.15) is 53.0 Å². The van der Waals surface area contributed by atoms with Gasteiger partial charge in [-0.25, -0.2) is 4.79 Å². The van der Waals surface area contributed by atoms with Crippen molar-refractivity contribution in [3.63, 3.8) is 0 Å². The molecule has 1 aliphatic heterocycles. The van der Waals surface area contributed by atoms with Gasteiger partial charge in [0.2, 0.25) is 5.91 Å². The van der Waals surface area contributed by atoms with Gasteiger partial charge in [0.15, 0.2) is 0 Å². The Morgan fingerprint density at radius 1 is 1.31 bits per heavy atom. The number of likely N-dealkylation sites (tertiary alicyclic amines) is 1. The van der Waals surface area contributed by atoms with Crippen LogP contribution in [0.15, 0.2) is 42.6 Å². The molecule has 2 aromatic rings. The Morgan fingerprint density at radius 2 is 2.12 bits per heavy atom. The summed E-state index contributed by atoms with van der Waals surface area (Å²) < 4.78 is 0. The Labute approximate surface area is 152 Å². The lowest BCUT2D eigenvalue weighted by atomic mass is 10.0. The third kappa shape index (κ3) is 4.26. The van der Waals surface area contributed by atoms with Crippen molar-refractivity contribution in [1.82, 2.24) is 15.2 Å². The van der Waals surface area contributed by atoms with Gasteiger partial charge in [-0.15, -0.1) is 0 Å². The van der Waals surface area contributed by atoms with Gasteiger partial charge < -0.3 is 10.4 Å². The molecule has 1 atom stereocenters. The summed E-state index contributed by atoms with van der Waals surface area (Å²) in [6.07, 6.45) is 3.87. The molecule has 0 unspecified atom stereocenters. The minimum absolute atomic E-state index is 0.0787. The van der Waals surface area contributed by atoms with E-state index in [4.69, 9.17) is 0 Å². The predicted molar refractivity (Wildman–Crippen MR) is 97.5 cm³/mol. The number of pyridine rings is 1. The first-order valence-electron chi connectivity index (χ1n) is 8.79. The number of amides is 1. The Kier molecular flexibility index (Phi) is 5.63. The number of carboxylic acids is 1. The van der Waals surface area contributed by atoms with E-state index in [-0.39, 0.29) is 11.9 Å². The third-order valence-corrected chi connectivity index (χ3v) is 4.73. The fourth-order valence-electron chi connectivity index (χ4n) is 3.49. The average molecular weight is 353 g/mol. The van der Waals surface area contributed by atoms with Crippen LogP contribution < -0.4 is 5.32 Å². The molecule has 6 nitrogen and oxygen atoms in total. The van der Waals surface area contributed by atoms with E-state index in [0.29, 0.717) is 18.7 Å².